The van der Waals surface area contributed by atoms with Crippen molar-refractivity contribution in [1.82, 2.24) is 4.98 Å². The van der Waals surface area contributed by atoms with E-state index in [1.807, 2.05) is 6.92 Å². The lowest BCUT2D eigenvalue weighted by molar-refractivity contribution is -0.145. The van der Waals surface area contributed by atoms with E-state index in [1.165, 1.54) is 7.11 Å². The second kappa shape index (κ2) is 5.87. The molecule has 0 fully saturated rings. The summed E-state index contributed by atoms with van der Waals surface area (Å²) in [7, 11) is 1.37. The molecule has 0 bridgehead atoms. The topological polar surface area (TPSA) is 51.2 Å². The monoisotopic (exact) mass is 256 g/mol. The highest BCUT2D eigenvalue weighted by molar-refractivity contribution is 6.32. The number of anilines is 1. The van der Waals surface area contributed by atoms with E-state index in [2.05, 4.69) is 10.3 Å². The fraction of sp³-hybridized carbons (Fsp3) is 0.500. The van der Waals surface area contributed by atoms with Crippen molar-refractivity contribution in [3.05, 3.63) is 23.4 Å². The third kappa shape index (κ3) is 3.33. The van der Waals surface area contributed by atoms with Crippen molar-refractivity contribution in [3.8, 4) is 0 Å². The normalized spacial score (nSPS) is 13.9. The van der Waals surface area contributed by atoms with Gasteiger partial charge in [0.15, 0.2) is 0 Å². The van der Waals surface area contributed by atoms with Gasteiger partial charge >= 0.3 is 5.97 Å². The number of carbonyl (C=O) groups excluding carboxylic acids is 1. The first-order valence-corrected chi connectivity index (χ1v) is 5.88. The third-order valence-corrected chi connectivity index (χ3v) is 2.84. The lowest BCUT2D eigenvalue weighted by Crippen LogP contribution is -2.44. The molecule has 0 saturated heterocycles. The number of pyridine rings is 1. The summed E-state index contributed by atoms with van der Waals surface area (Å²) in [4.78, 5) is 15.9. The molecule has 1 heterocycles. The Kier molecular flexibility index (Phi) is 4.75. The predicted molar refractivity (Wildman–Crippen MR) is 68.2 cm³/mol. The summed E-state index contributed by atoms with van der Waals surface area (Å²) < 4.78 is 4.81. The zero-order valence-electron chi connectivity index (χ0n) is 10.3. The fourth-order valence-corrected chi connectivity index (χ4v) is 1.85. The number of carbonyl (C=O) groups is 1. The highest BCUT2D eigenvalue weighted by Crippen LogP contribution is 2.25. The van der Waals surface area contributed by atoms with Crippen LogP contribution in [0.15, 0.2) is 18.3 Å². The van der Waals surface area contributed by atoms with E-state index in [0.717, 1.165) is 6.42 Å². The van der Waals surface area contributed by atoms with Gasteiger partial charge in [0.25, 0.3) is 0 Å². The van der Waals surface area contributed by atoms with Gasteiger partial charge in [-0.05, 0) is 25.5 Å². The van der Waals surface area contributed by atoms with E-state index in [1.54, 1.807) is 25.3 Å². The Morgan fingerprint density at radius 1 is 1.65 bits per heavy atom. The van der Waals surface area contributed by atoms with Crippen LogP contribution in [-0.2, 0) is 9.53 Å². The van der Waals surface area contributed by atoms with Gasteiger partial charge in [0, 0.05) is 6.20 Å². The molecular weight excluding hydrogens is 240 g/mol. The van der Waals surface area contributed by atoms with Gasteiger partial charge in [-0.2, -0.15) is 0 Å². The van der Waals surface area contributed by atoms with Gasteiger partial charge in [-0.15, -0.1) is 0 Å². The number of nitrogens with zero attached hydrogens (tertiary/aromatic N) is 1. The summed E-state index contributed by atoms with van der Waals surface area (Å²) in [5.74, 6) is 0.177. The van der Waals surface area contributed by atoms with Gasteiger partial charge < -0.3 is 10.1 Å². The molecule has 0 aliphatic rings. The standard InChI is InChI=1S/C12H17ClN2O2/c1-4-7-12(2,11(16)17-3)15-10-9(13)6-5-8-14-10/h5-6,8H,4,7H2,1-3H3,(H,14,15). The Hall–Kier alpha value is -1.29. The summed E-state index contributed by atoms with van der Waals surface area (Å²) >= 11 is 6.00. The maximum Gasteiger partial charge on any atom is 0.331 e. The number of aromatic nitrogens is 1. The zero-order valence-corrected chi connectivity index (χ0v) is 11.0. The first kappa shape index (κ1) is 13.8. The van der Waals surface area contributed by atoms with Crippen LogP contribution in [0.25, 0.3) is 0 Å². The van der Waals surface area contributed by atoms with E-state index in [4.69, 9.17) is 16.3 Å². The maximum absolute atomic E-state index is 11.8. The van der Waals surface area contributed by atoms with E-state index < -0.39 is 5.54 Å². The molecule has 0 spiro atoms. The van der Waals surface area contributed by atoms with Gasteiger partial charge in [-0.3, -0.25) is 0 Å². The molecule has 1 unspecified atom stereocenters. The number of nitrogens with one attached hydrogen (secondary N) is 1. The molecule has 1 atom stereocenters. The molecule has 0 amide bonds. The molecule has 0 aliphatic carbocycles. The molecule has 17 heavy (non-hydrogen) atoms. The highest BCUT2D eigenvalue weighted by atomic mass is 35.5. The summed E-state index contributed by atoms with van der Waals surface area (Å²) in [5.41, 5.74) is -0.804. The molecule has 0 saturated carbocycles. The molecule has 1 N–H and O–H groups in total. The fourth-order valence-electron chi connectivity index (χ4n) is 1.68. The van der Waals surface area contributed by atoms with Crippen LogP contribution in [0, 0.1) is 0 Å². The van der Waals surface area contributed by atoms with Crippen molar-refractivity contribution in [2.75, 3.05) is 12.4 Å². The predicted octanol–water partition coefficient (Wildman–Crippen LogP) is 2.88. The molecule has 0 radical (unpaired) electrons. The van der Waals surface area contributed by atoms with Crippen molar-refractivity contribution in [1.29, 1.82) is 0 Å². The molecule has 1 aromatic rings. The zero-order chi connectivity index (χ0) is 12.9. The van der Waals surface area contributed by atoms with Crippen LogP contribution in [0.5, 0.6) is 0 Å². The van der Waals surface area contributed by atoms with Crippen molar-refractivity contribution in [2.24, 2.45) is 0 Å². The van der Waals surface area contributed by atoms with Gasteiger partial charge in [0.05, 0.1) is 12.1 Å². The molecular formula is C12H17ClN2O2. The first-order chi connectivity index (χ1) is 8.03. The van der Waals surface area contributed by atoms with E-state index in [0.29, 0.717) is 17.3 Å². The summed E-state index contributed by atoms with van der Waals surface area (Å²) in [6.45, 7) is 3.79. The van der Waals surface area contributed by atoms with Crippen molar-refractivity contribution < 1.29 is 9.53 Å². The molecule has 1 aromatic heterocycles. The second-order valence-corrected chi connectivity index (χ2v) is 4.44. The van der Waals surface area contributed by atoms with E-state index >= 15 is 0 Å². The number of halogens is 1. The lowest BCUT2D eigenvalue weighted by Gasteiger charge is -2.28. The van der Waals surface area contributed by atoms with Crippen molar-refractivity contribution in [3.63, 3.8) is 0 Å². The average molecular weight is 257 g/mol. The van der Waals surface area contributed by atoms with Gasteiger partial charge in [-0.25, -0.2) is 9.78 Å². The smallest absolute Gasteiger partial charge is 0.331 e. The Bertz CT molecular complexity index is 398. The summed E-state index contributed by atoms with van der Waals surface area (Å²) in [6, 6.07) is 3.46. The van der Waals surface area contributed by atoms with Crippen LogP contribution in [0.1, 0.15) is 26.7 Å². The van der Waals surface area contributed by atoms with Crippen LogP contribution in [0.3, 0.4) is 0 Å². The van der Waals surface area contributed by atoms with E-state index in [9.17, 15) is 4.79 Å². The number of hydrogen-bond donors (Lipinski definition) is 1. The van der Waals surface area contributed by atoms with Crippen LogP contribution in [0.2, 0.25) is 5.02 Å². The SMILES string of the molecule is CCCC(C)(Nc1ncccc1Cl)C(=O)OC. The second-order valence-electron chi connectivity index (χ2n) is 4.03. The number of rotatable bonds is 5. The molecule has 94 valence electrons. The Morgan fingerprint density at radius 3 is 2.88 bits per heavy atom. The minimum atomic E-state index is -0.804. The third-order valence-electron chi connectivity index (χ3n) is 2.54. The van der Waals surface area contributed by atoms with Gasteiger partial charge in [-0.1, -0.05) is 24.9 Å². The highest BCUT2D eigenvalue weighted by Gasteiger charge is 2.34. The Labute approximate surface area is 106 Å². The average Bonchev–Trinajstić information content (AvgIpc) is 2.31. The number of ether oxygens (including phenoxy) is 1. The molecule has 4 nitrogen and oxygen atoms in total. The van der Waals surface area contributed by atoms with Gasteiger partial charge in [0.1, 0.15) is 11.4 Å². The van der Waals surface area contributed by atoms with Crippen LogP contribution in [0.4, 0.5) is 5.82 Å². The van der Waals surface area contributed by atoms with Crippen molar-refractivity contribution >= 4 is 23.4 Å². The summed E-state index contributed by atoms with van der Waals surface area (Å²) in [5, 5.41) is 3.54. The molecule has 0 aromatic carbocycles. The lowest BCUT2D eigenvalue weighted by atomic mass is 9.96. The number of esters is 1. The first-order valence-electron chi connectivity index (χ1n) is 5.50. The van der Waals surface area contributed by atoms with Crippen LogP contribution >= 0.6 is 11.6 Å². The Balaban J connectivity index is 2.94. The molecule has 1 rings (SSSR count). The summed E-state index contributed by atoms with van der Waals surface area (Å²) in [6.07, 6.45) is 3.12. The molecule has 5 heteroatoms. The van der Waals surface area contributed by atoms with Gasteiger partial charge in [0.2, 0.25) is 0 Å². The number of methoxy groups -OCH3 is 1. The largest absolute Gasteiger partial charge is 0.467 e. The van der Waals surface area contributed by atoms with E-state index in [-0.39, 0.29) is 5.97 Å². The van der Waals surface area contributed by atoms with Crippen LogP contribution < -0.4 is 5.32 Å². The minimum absolute atomic E-state index is 0.318. The maximum atomic E-state index is 11.8. The molecule has 0 aliphatic heterocycles. The number of hydrogen-bond acceptors (Lipinski definition) is 4. The Morgan fingerprint density at radius 2 is 2.35 bits per heavy atom. The quantitative estimate of drug-likeness (QED) is 0.823. The van der Waals surface area contributed by atoms with Crippen LogP contribution in [-0.4, -0.2) is 23.6 Å². The van der Waals surface area contributed by atoms with Crippen molar-refractivity contribution in [2.45, 2.75) is 32.2 Å². The minimum Gasteiger partial charge on any atom is -0.467 e.